The molecule has 0 spiro atoms. The van der Waals surface area contributed by atoms with Crippen LogP contribution in [0.1, 0.15) is 10.5 Å². The molecule has 1 aromatic rings. The van der Waals surface area contributed by atoms with Crippen molar-refractivity contribution in [3.05, 3.63) is 18.2 Å². The van der Waals surface area contributed by atoms with E-state index in [1.165, 1.54) is 13.3 Å². The van der Waals surface area contributed by atoms with Crippen LogP contribution >= 0.6 is 0 Å². The molecule has 10 heavy (non-hydrogen) atoms. The predicted molar refractivity (Wildman–Crippen MR) is 34.5 cm³/mol. The molecule has 0 radical (unpaired) electrons. The highest BCUT2D eigenvalue weighted by molar-refractivity contribution is 5.87. The zero-order chi connectivity index (χ0) is 7.56. The van der Waals surface area contributed by atoms with Crippen molar-refractivity contribution in [2.45, 2.75) is 0 Å². The molecular formula is C6H8N2O2. The highest BCUT2D eigenvalue weighted by Gasteiger charge is 2.07. The summed E-state index contributed by atoms with van der Waals surface area (Å²) in [5.41, 5.74) is 0.461. The zero-order valence-electron chi connectivity index (χ0n) is 5.87. The van der Waals surface area contributed by atoms with E-state index in [-0.39, 0.29) is 5.97 Å². The second-order valence-corrected chi connectivity index (χ2v) is 1.88. The highest BCUT2D eigenvalue weighted by Crippen LogP contribution is 1.96. The van der Waals surface area contributed by atoms with Crippen molar-refractivity contribution >= 4 is 5.97 Å². The van der Waals surface area contributed by atoms with Gasteiger partial charge in [0.25, 0.3) is 0 Å². The molecule has 0 atom stereocenters. The fourth-order valence-corrected chi connectivity index (χ4v) is 0.658. The lowest BCUT2D eigenvalue weighted by molar-refractivity contribution is 0.0590. The second kappa shape index (κ2) is 2.51. The lowest BCUT2D eigenvalue weighted by Gasteiger charge is -1.96. The Balaban J connectivity index is 2.93. The van der Waals surface area contributed by atoms with Crippen molar-refractivity contribution in [2.75, 3.05) is 7.11 Å². The molecule has 0 aromatic carbocycles. The van der Waals surface area contributed by atoms with E-state index in [9.17, 15) is 4.79 Å². The Labute approximate surface area is 58.4 Å². The molecule has 4 nitrogen and oxygen atoms in total. The van der Waals surface area contributed by atoms with Gasteiger partial charge in [-0.05, 0) is 0 Å². The summed E-state index contributed by atoms with van der Waals surface area (Å²) in [6, 6.07) is 0. The van der Waals surface area contributed by atoms with Gasteiger partial charge in [-0.2, -0.15) is 0 Å². The molecule has 0 N–H and O–H groups in total. The number of hydrogen-bond acceptors (Lipinski definition) is 3. The molecule has 0 amide bonds. The predicted octanol–water partition coefficient (Wildman–Crippen LogP) is 0.207. The van der Waals surface area contributed by atoms with Gasteiger partial charge in [0.2, 0.25) is 0 Å². The number of carbonyl (C=O) groups excluding carboxylic acids is 1. The van der Waals surface area contributed by atoms with E-state index in [0.29, 0.717) is 5.69 Å². The maximum Gasteiger partial charge on any atom is 0.356 e. The SMILES string of the molecule is COC(=O)c1cncn1C. The molecule has 54 valence electrons. The molecule has 1 heterocycles. The first-order valence-corrected chi connectivity index (χ1v) is 2.80. The van der Waals surface area contributed by atoms with Gasteiger partial charge in [-0.1, -0.05) is 0 Å². The van der Waals surface area contributed by atoms with Gasteiger partial charge in [-0.15, -0.1) is 0 Å². The van der Waals surface area contributed by atoms with Crippen LogP contribution in [-0.4, -0.2) is 22.6 Å². The number of carbonyl (C=O) groups is 1. The summed E-state index contributed by atoms with van der Waals surface area (Å²) in [5, 5.41) is 0. The van der Waals surface area contributed by atoms with E-state index in [4.69, 9.17) is 0 Å². The van der Waals surface area contributed by atoms with Gasteiger partial charge in [-0.3, -0.25) is 0 Å². The van der Waals surface area contributed by atoms with Gasteiger partial charge < -0.3 is 9.30 Å². The van der Waals surface area contributed by atoms with Gasteiger partial charge in [0.05, 0.1) is 19.6 Å². The van der Waals surface area contributed by atoms with Crippen LogP contribution in [0.4, 0.5) is 0 Å². The molecule has 0 saturated heterocycles. The van der Waals surface area contributed by atoms with Crippen molar-refractivity contribution < 1.29 is 9.53 Å². The number of esters is 1. The number of methoxy groups -OCH3 is 1. The summed E-state index contributed by atoms with van der Waals surface area (Å²) >= 11 is 0. The third-order valence-electron chi connectivity index (χ3n) is 1.21. The molecule has 0 aliphatic heterocycles. The van der Waals surface area contributed by atoms with E-state index >= 15 is 0 Å². The van der Waals surface area contributed by atoms with Crippen LogP contribution in [0.25, 0.3) is 0 Å². The number of ether oxygens (including phenoxy) is 1. The number of nitrogens with zero attached hydrogens (tertiary/aromatic N) is 2. The average Bonchev–Trinajstić information content (AvgIpc) is 2.34. The Morgan fingerprint density at radius 2 is 2.50 bits per heavy atom. The molecule has 4 heteroatoms. The van der Waals surface area contributed by atoms with E-state index < -0.39 is 0 Å². The number of hydrogen-bond donors (Lipinski definition) is 0. The minimum absolute atomic E-state index is 0.361. The van der Waals surface area contributed by atoms with Crippen LogP contribution in [0.15, 0.2) is 12.5 Å². The molecule has 1 aromatic heterocycles. The Kier molecular flexibility index (Phi) is 1.71. The standard InChI is InChI=1S/C6H8N2O2/c1-8-4-7-3-5(8)6(9)10-2/h3-4H,1-2H3. The summed E-state index contributed by atoms with van der Waals surface area (Å²) in [4.78, 5) is 14.6. The van der Waals surface area contributed by atoms with Crippen molar-refractivity contribution in [1.29, 1.82) is 0 Å². The Morgan fingerprint density at radius 3 is 2.90 bits per heavy atom. The summed E-state index contributed by atoms with van der Waals surface area (Å²) < 4.78 is 6.08. The highest BCUT2D eigenvalue weighted by atomic mass is 16.5. The van der Waals surface area contributed by atoms with Crippen molar-refractivity contribution in [3.8, 4) is 0 Å². The number of aryl methyl sites for hydroxylation is 1. The van der Waals surface area contributed by atoms with E-state index in [1.54, 1.807) is 17.9 Å². The minimum Gasteiger partial charge on any atom is -0.464 e. The fraction of sp³-hybridized carbons (Fsp3) is 0.333. The maximum atomic E-state index is 10.8. The van der Waals surface area contributed by atoms with Gasteiger partial charge in [0.1, 0.15) is 5.69 Å². The molecule has 0 unspecified atom stereocenters. The third kappa shape index (κ3) is 1.00. The van der Waals surface area contributed by atoms with Gasteiger partial charge >= 0.3 is 5.97 Å². The zero-order valence-corrected chi connectivity index (χ0v) is 5.87. The first-order chi connectivity index (χ1) is 4.75. The molecule has 0 fully saturated rings. The second-order valence-electron chi connectivity index (χ2n) is 1.88. The first kappa shape index (κ1) is 6.80. The summed E-state index contributed by atoms with van der Waals surface area (Å²) in [7, 11) is 3.08. The van der Waals surface area contributed by atoms with Gasteiger partial charge in [-0.25, -0.2) is 9.78 Å². The largest absolute Gasteiger partial charge is 0.464 e. The molecule has 0 bridgehead atoms. The number of imidazole rings is 1. The summed E-state index contributed by atoms with van der Waals surface area (Å²) in [5.74, 6) is -0.361. The van der Waals surface area contributed by atoms with Crippen molar-refractivity contribution in [2.24, 2.45) is 7.05 Å². The van der Waals surface area contributed by atoms with Crippen molar-refractivity contribution in [3.63, 3.8) is 0 Å². The first-order valence-electron chi connectivity index (χ1n) is 2.80. The molecule has 1 rings (SSSR count). The van der Waals surface area contributed by atoms with Crippen LogP contribution < -0.4 is 0 Å². The average molecular weight is 140 g/mol. The summed E-state index contributed by atoms with van der Waals surface area (Å²) in [6.07, 6.45) is 3.01. The third-order valence-corrected chi connectivity index (χ3v) is 1.21. The number of rotatable bonds is 1. The summed E-state index contributed by atoms with van der Waals surface area (Å²) in [6.45, 7) is 0. The molecular weight excluding hydrogens is 132 g/mol. The van der Waals surface area contributed by atoms with Gasteiger partial charge in [0, 0.05) is 7.05 Å². The lowest BCUT2D eigenvalue weighted by atomic mass is 10.5. The Morgan fingerprint density at radius 1 is 1.80 bits per heavy atom. The van der Waals surface area contributed by atoms with Crippen LogP contribution in [-0.2, 0) is 11.8 Å². The molecule has 0 aliphatic carbocycles. The van der Waals surface area contributed by atoms with Crippen molar-refractivity contribution in [1.82, 2.24) is 9.55 Å². The Bertz CT molecular complexity index is 242. The smallest absolute Gasteiger partial charge is 0.356 e. The van der Waals surface area contributed by atoms with Gasteiger partial charge in [0.15, 0.2) is 0 Å². The fourth-order valence-electron chi connectivity index (χ4n) is 0.658. The maximum absolute atomic E-state index is 10.8. The lowest BCUT2D eigenvalue weighted by Crippen LogP contribution is -2.06. The van der Waals surface area contributed by atoms with Crippen LogP contribution in [0, 0.1) is 0 Å². The molecule has 0 aliphatic rings. The van der Waals surface area contributed by atoms with Crippen LogP contribution in [0.5, 0.6) is 0 Å². The monoisotopic (exact) mass is 140 g/mol. The van der Waals surface area contributed by atoms with E-state index in [0.717, 1.165) is 0 Å². The van der Waals surface area contributed by atoms with E-state index in [2.05, 4.69) is 9.72 Å². The molecule has 0 saturated carbocycles. The quantitative estimate of drug-likeness (QED) is 0.523. The topological polar surface area (TPSA) is 44.1 Å². The van der Waals surface area contributed by atoms with Crippen LogP contribution in [0.2, 0.25) is 0 Å². The Hall–Kier alpha value is -1.32. The minimum atomic E-state index is -0.361. The normalized spacial score (nSPS) is 9.40. The van der Waals surface area contributed by atoms with Crippen LogP contribution in [0.3, 0.4) is 0 Å². The van der Waals surface area contributed by atoms with E-state index in [1.807, 2.05) is 0 Å². The number of aromatic nitrogens is 2.